The number of fused-ring (bicyclic) bond motifs is 1. The van der Waals surface area contributed by atoms with Crippen LogP contribution in [0.2, 0.25) is 10.0 Å². The maximum absolute atomic E-state index is 12.9. The maximum atomic E-state index is 12.9. The highest BCUT2D eigenvalue weighted by Crippen LogP contribution is 2.29. The summed E-state index contributed by atoms with van der Waals surface area (Å²) >= 11 is 12.5. The number of ether oxygens (including phenoxy) is 1. The molecule has 0 atom stereocenters. The average molecular weight is 391 g/mol. The van der Waals surface area contributed by atoms with Gasteiger partial charge >= 0.3 is 5.97 Å². The van der Waals surface area contributed by atoms with Crippen molar-refractivity contribution in [3.05, 3.63) is 80.6 Å². The number of benzene rings is 2. The number of carbonyl (C=O) groups excluding carboxylic acids is 1. The lowest BCUT2D eigenvalue weighted by atomic mass is 10.0. The van der Waals surface area contributed by atoms with E-state index < -0.39 is 5.97 Å². The second kappa shape index (κ2) is 7.81. The van der Waals surface area contributed by atoms with Gasteiger partial charge in [0.05, 0.1) is 34.1 Å². The van der Waals surface area contributed by atoms with Crippen molar-refractivity contribution in [1.29, 1.82) is 0 Å². The summed E-state index contributed by atoms with van der Waals surface area (Å²) in [6.07, 6.45) is 1.28. The molecule has 0 bridgehead atoms. The van der Waals surface area contributed by atoms with Gasteiger partial charge in [0.2, 0.25) is 5.71 Å². The van der Waals surface area contributed by atoms with Crippen molar-refractivity contribution >= 4 is 40.6 Å². The van der Waals surface area contributed by atoms with Crippen LogP contribution in [0.5, 0.6) is 0 Å². The SMILES string of the molecule is CCOC(=O)C=C1C[N+]([O-])=C(c2ccccc2Cl)c2cc(Cl)ccc2N1. The number of benzodiazepines with no additional fused rings is 1. The van der Waals surface area contributed by atoms with Crippen molar-refractivity contribution in [3.8, 4) is 0 Å². The van der Waals surface area contributed by atoms with Gasteiger partial charge in [-0.3, -0.25) is 0 Å². The smallest absolute Gasteiger partial charge is 0.332 e. The fourth-order valence-electron chi connectivity index (χ4n) is 2.74. The van der Waals surface area contributed by atoms with Crippen molar-refractivity contribution in [2.75, 3.05) is 18.5 Å². The number of anilines is 1. The van der Waals surface area contributed by atoms with Crippen molar-refractivity contribution in [2.45, 2.75) is 6.92 Å². The van der Waals surface area contributed by atoms with Crippen LogP contribution in [0.25, 0.3) is 0 Å². The summed E-state index contributed by atoms with van der Waals surface area (Å²) in [5.74, 6) is -0.514. The quantitative estimate of drug-likeness (QED) is 0.368. The van der Waals surface area contributed by atoms with Crippen LogP contribution in [0.15, 0.2) is 54.2 Å². The topological polar surface area (TPSA) is 64.4 Å². The molecule has 0 amide bonds. The van der Waals surface area contributed by atoms with Gasteiger partial charge in [0.15, 0.2) is 6.54 Å². The van der Waals surface area contributed by atoms with Gasteiger partial charge in [0.1, 0.15) is 0 Å². The molecular formula is C19H16Cl2N2O3. The minimum atomic E-state index is -0.514. The Hall–Kier alpha value is -2.50. The number of nitrogens with zero attached hydrogens (tertiary/aromatic N) is 1. The Labute approximate surface area is 161 Å². The normalized spacial score (nSPS) is 15.3. The van der Waals surface area contributed by atoms with E-state index >= 15 is 0 Å². The molecule has 0 saturated carbocycles. The number of esters is 1. The molecule has 1 aliphatic rings. The summed E-state index contributed by atoms with van der Waals surface area (Å²) in [4.78, 5) is 11.8. The lowest BCUT2D eigenvalue weighted by Crippen LogP contribution is -2.20. The van der Waals surface area contributed by atoms with E-state index in [2.05, 4.69) is 5.32 Å². The molecule has 0 saturated heterocycles. The minimum absolute atomic E-state index is 0.0638. The number of rotatable bonds is 3. The van der Waals surface area contributed by atoms with Gasteiger partial charge in [-0.05, 0) is 37.3 Å². The molecule has 1 heterocycles. The van der Waals surface area contributed by atoms with Crippen LogP contribution in [0.3, 0.4) is 0 Å². The van der Waals surface area contributed by atoms with E-state index in [4.69, 9.17) is 27.9 Å². The molecule has 0 aliphatic carbocycles. The van der Waals surface area contributed by atoms with E-state index in [0.717, 1.165) is 4.74 Å². The van der Waals surface area contributed by atoms with E-state index in [1.54, 1.807) is 49.4 Å². The number of hydrogen-bond donors (Lipinski definition) is 1. The molecule has 26 heavy (non-hydrogen) atoms. The molecule has 0 fully saturated rings. The number of nitrogens with one attached hydrogen (secondary N) is 1. The lowest BCUT2D eigenvalue weighted by molar-refractivity contribution is -0.446. The molecule has 5 nitrogen and oxygen atoms in total. The summed E-state index contributed by atoms with van der Waals surface area (Å²) in [5, 5.41) is 17.0. The molecule has 0 spiro atoms. The van der Waals surface area contributed by atoms with Crippen LogP contribution in [0, 0.1) is 5.21 Å². The number of halogens is 2. The molecule has 1 aliphatic heterocycles. The molecule has 1 N–H and O–H groups in total. The average Bonchev–Trinajstić information content (AvgIpc) is 2.71. The van der Waals surface area contributed by atoms with E-state index in [1.165, 1.54) is 6.08 Å². The summed E-state index contributed by atoms with van der Waals surface area (Å²) in [6, 6.07) is 12.2. The highest BCUT2D eigenvalue weighted by atomic mass is 35.5. The fourth-order valence-corrected chi connectivity index (χ4v) is 3.14. The van der Waals surface area contributed by atoms with Crippen molar-refractivity contribution in [3.63, 3.8) is 0 Å². The van der Waals surface area contributed by atoms with E-state index in [-0.39, 0.29) is 13.2 Å². The maximum Gasteiger partial charge on any atom is 0.332 e. The van der Waals surface area contributed by atoms with Gasteiger partial charge in [0.25, 0.3) is 0 Å². The Kier molecular flexibility index (Phi) is 5.49. The largest absolute Gasteiger partial charge is 0.623 e. The first-order valence-electron chi connectivity index (χ1n) is 8.00. The highest BCUT2D eigenvalue weighted by molar-refractivity contribution is 6.36. The van der Waals surface area contributed by atoms with Crippen LogP contribution < -0.4 is 5.32 Å². The molecule has 2 aromatic rings. The molecule has 0 aromatic heterocycles. The van der Waals surface area contributed by atoms with Crippen LogP contribution in [-0.2, 0) is 9.53 Å². The van der Waals surface area contributed by atoms with Crippen LogP contribution >= 0.6 is 23.2 Å². The Bertz CT molecular complexity index is 923. The molecule has 2 aromatic carbocycles. The van der Waals surface area contributed by atoms with Gasteiger partial charge in [-0.15, -0.1) is 0 Å². The molecule has 0 radical (unpaired) electrons. The van der Waals surface area contributed by atoms with Gasteiger partial charge in [-0.25, -0.2) is 4.79 Å². The predicted octanol–water partition coefficient (Wildman–Crippen LogP) is 4.21. The van der Waals surface area contributed by atoms with Crippen LogP contribution in [0.1, 0.15) is 18.1 Å². The zero-order chi connectivity index (χ0) is 18.7. The highest BCUT2D eigenvalue weighted by Gasteiger charge is 2.27. The standard InChI is InChI=1S/C19H16Cl2N2O3/c1-2-26-18(24)10-13-11-23(25)19(14-5-3-4-6-16(14)21)15-9-12(20)7-8-17(15)22-13/h3-10,22H,2,11H2,1H3. The Morgan fingerprint density at radius 3 is 2.77 bits per heavy atom. The Morgan fingerprint density at radius 1 is 1.27 bits per heavy atom. The van der Waals surface area contributed by atoms with Gasteiger partial charge in [-0.2, -0.15) is 4.74 Å². The minimum Gasteiger partial charge on any atom is -0.623 e. The van der Waals surface area contributed by atoms with Crippen molar-refractivity contribution in [2.24, 2.45) is 0 Å². The first kappa shape index (κ1) is 18.3. The van der Waals surface area contributed by atoms with Crippen molar-refractivity contribution < 1.29 is 14.3 Å². The van der Waals surface area contributed by atoms with Crippen LogP contribution in [0.4, 0.5) is 5.69 Å². The molecule has 7 heteroatoms. The number of hydroxylamine groups is 1. The summed E-state index contributed by atoms with van der Waals surface area (Å²) in [5.41, 5.74) is 2.65. The zero-order valence-electron chi connectivity index (χ0n) is 14.0. The number of hydrogen-bond acceptors (Lipinski definition) is 4. The summed E-state index contributed by atoms with van der Waals surface area (Å²) in [7, 11) is 0. The molecule has 134 valence electrons. The fraction of sp³-hybridized carbons (Fsp3) is 0.158. The molecule has 0 unspecified atom stereocenters. The van der Waals surface area contributed by atoms with Crippen LogP contribution in [-0.4, -0.2) is 29.6 Å². The zero-order valence-corrected chi connectivity index (χ0v) is 15.5. The Balaban J connectivity index is 2.18. The van der Waals surface area contributed by atoms with Gasteiger partial charge in [-0.1, -0.05) is 35.3 Å². The van der Waals surface area contributed by atoms with E-state index in [1.807, 2.05) is 0 Å². The lowest BCUT2D eigenvalue weighted by Gasteiger charge is -2.11. The molecular weight excluding hydrogens is 375 g/mol. The van der Waals surface area contributed by atoms with E-state index in [9.17, 15) is 10.0 Å². The first-order valence-corrected chi connectivity index (χ1v) is 8.76. The molecule has 3 rings (SSSR count). The van der Waals surface area contributed by atoms with Gasteiger partial charge in [0, 0.05) is 11.1 Å². The third-order valence-electron chi connectivity index (χ3n) is 3.80. The monoisotopic (exact) mass is 390 g/mol. The number of carbonyl (C=O) groups is 1. The summed E-state index contributed by atoms with van der Waals surface area (Å²) < 4.78 is 5.73. The third-order valence-corrected chi connectivity index (χ3v) is 4.37. The summed E-state index contributed by atoms with van der Waals surface area (Å²) in [6.45, 7) is 1.91. The van der Waals surface area contributed by atoms with Crippen molar-refractivity contribution in [1.82, 2.24) is 0 Å². The predicted molar refractivity (Wildman–Crippen MR) is 103 cm³/mol. The van der Waals surface area contributed by atoms with Gasteiger partial charge < -0.3 is 15.3 Å². The second-order valence-electron chi connectivity index (χ2n) is 5.60. The third kappa shape index (κ3) is 3.84. The first-order chi connectivity index (χ1) is 12.5. The Morgan fingerprint density at radius 2 is 2.04 bits per heavy atom. The second-order valence-corrected chi connectivity index (χ2v) is 6.45. The van der Waals surface area contributed by atoms with E-state index in [0.29, 0.717) is 38.3 Å².